The maximum atomic E-state index is 13.6. The van der Waals surface area contributed by atoms with Crippen LogP contribution < -0.4 is 5.32 Å². The molecule has 0 saturated carbocycles. The molecule has 0 unspecified atom stereocenters. The second-order valence-electron chi connectivity index (χ2n) is 4.70. The predicted octanol–water partition coefficient (Wildman–Crippen LogP) is 1.90. The Bertz CT molecular complexity index is 584. The number of halogens is 4. The molecule has 1 aliphatic heterocycles. The first-order valence-corrected chi connectivity index (χ1v) is 7.61. The van der Waals surface area contributed by atoms with Crippen molar-refractivity contribution in [2.45, 2.75) is 23.8 Å². The highest BCUT2D eigenvalue weighted by atomic mass is 35.5. The van der Waals surface area contributed by atoms with Crippen LogP contribution in [0.2, 0.25) is 0 Å². The van der Waals surface area contributed by atoms with Crippen LogP contribution in [0, 0.1) is 17.5 Å². The Labute approximate surface area is 127 Å². The first-order valence-electron chi connectivity index (χ1n) is 6.17. The Morgan fingerprint density at radius 3 is 2.10 bits per heavy atom. The SMILES string of the molecule is CN(C1CCNCC1)S(=O)(=O)c1c(F)cc(F)cc1F.Cl. The van der Waals surface area contributed by atoms with Gasteiger partial charge in [0.2, 0.25) is 10.0 Å². The normalized spacial score (nSPS) is 16.8. The summed E-state index contributed by atoms with van der Waals surface area (Å²) in [5, 5.41) is 3.07. The van der Waals surface area contributed by atoms with Gasteiger partial charge in [-0.15, -0.1) is 12.4 Å². The van der Waals surface area contributed by atoms with Gasteiger partial charge in [0.1, 0.15) is 17.5 Å². The molecule has 1 saturated heterocycles. The minimum absolute atomic E-state index is 0. The number of hydrogen-bond acceptors (Lipinski definition) is 3. The van der Waals surface area contributed by atoms with E-state index in [1.54, 1.807) is 0 Å². The molecule has 9 heteroatoms. The largest absolute Gasteiger partial charge is 0.317 e. The number of piperidine rings is 1. The molecule has 0 aromatic heterocycles. The molecule has 0 aliphatic carbocycles. The van der Waals surface area contributed by atoms with Crippen molar-refractivity contribution in [1.29, 1.82) is 0 Å². The summed E-state index contributed by atoms with van der Waals surface area (Å²) in [6.07, 6.45) is 1.11. The van der Waals surface area contributed by atoms with E-state index in [-0.39, 0.29) is 18.4 Å². The Hall–Kier alpha value is -0.830. The summed E-state index contributed by atoms with van der Waals surface area (Å²) in [6, 6.07) is 0.406. The number of hydrogen-bond donors (Lipinski definition) is 1. The molecule has 1 aromatic carbocycles. The van der Waals surface area contributed by atoms with Gasteiger partial charge in [0, 0.05) is 25.2 Å². The highest BCUT2D eigenvalue weighted by molar-refractivity contribution is 7.89. The van der Waals surface area contributed by atoms with E-state index in [1.807, 2.05) is 0 Å². The summed E-state index contributed by atoms with van der Waals surface area (Å²) < 4.78 is 65.7. The molecule has 0 spiro atoms. The Morgan fingerprint density at radius 1 is 1.14 bits per heavy atom. The molecule has 21 heavy (non-hydrogen) atoms. The zero-order valence-corrected chi connectivity index (χ0v) is 12.9. The molecule has 4 nitrogen and oxygen atoms in total. The third kappa shape index (κ3) is 3.68. The molecule has 0 atom stereocenters. The summed E-state index contributed by atoms with van der Waals surface area (Å²) in [7, 11) is -3.04. The third-order valence-corrected chi connectivity index (χ3v) is 5.39. The number of nitrogens with zero attached hydrogens (tertiary/aromatic N) is 1. The molecule has 0 bridgehead atoms. The molecule has 2 rings (SSSR count). The van der Waals surface area contributed by atoms with Gasteiger partial charge in [-0.2, -0.15) is 4.31 Å². The van der Waals surface area contributed by atoms with Crippen LogP contribution in [0.15, 0.2) is 17.0 Å². The Morgan fingerprint density at radius 2 is 1.62 bits per heavy atom. The van der Waals surface area contributed by atoms with E-state index in [4.69, 9.17) is 0 Å². The van der Waals surface area contributed by atoms with Gasteiger partial charge < -0.3 is 5.32 Å². The van der Waals surface area contributed by atoms with Crippen LogP contribution in [-0.4, -0.2) is 38.9 Å². The molecule has 1 fully saturated rings. The molecular formula is C12H16ClF3N2O2S. The lowest BCUT2D eigenvalue weighted by molar-refractivity contribution is 0.294. The topological polar surface area (TPSA) is 49.4 Å². The molecule has 0 radical (unpaired) electrons. The van der Waals surface area contributed by atoms with Crippen LogP contribution in [0.1, 0.15) is 12.8 Å². The highest BCUT2D eigenvalue weighted by Crippen LogP contribution is 2.26. The summed E-state index contributed by atoms with van der Waals surface area (Å²) >= 11 is 0. The van der Waals surface area contributed by atoms with E-state index in [1.165, 1.54) is 7.05 Å². The summed E-state index contributed by atoms with van der Waals surface area (Å²) in [4.78, 5) is -1.10. The summed E-state index contributed by atoms with van der Waals surface area (Å²) in [6.45, 7) is 1.28. The van der Waals surface area contributed by atoms with Crippen molar-refractivity contribution in [3.8, 4) is 0 Å². The summed E-state index contributed by atoms with van der Waals surface area (Å²) in [5.41, 5.74) is 0. The van der Waals surface area contributed by atoms with E-state index in [2.05, 4.69) is 5.32 Å². The lowest BCUT2D eigenvalue weighted by Crippen LogP contribution is -2.44. The van der Waals surface area contributed by atoms with Crippen molar-refractivity contribution in [3.63, 3.8) is 0 Å². The van der Waals surface area contributed by atoms with Crippen LogP contribution in [0.5, 0.6) is 0 Å². The summed E-state index contributed by atoms with van der Waals surface area (Å²) in [5.74, 6) is -3.98. The van der Waals surface area contributed by atoms with Crippen LogP contribution in [0.25, 0.3) is 0 Å². The van der Waals surface area contributed by atoms with Gasteiger partial charge in [-0.3, -0.25) is 0 Å². The van der Waals surface area contributed by atoms with Crippen molar-refractivity contribution in [2.24, 2.45) is 0 Å². The van der Waals surface area contributed by atoms with Gasteiger partial charge in [-0.1, -0.05) is 0 Å². The predicted molar refractivity (Wildman–Crippen MR) is 74.4 cm³/mol. The quantitative estimate of drug-likeness (QED) is 0.911. The van der Waals surface area contributed by atoms with E-state index in [9.17, 15) is 21.6 Å². The third-order valence-electron chi connectivity index (χ3n) is 3.42. The number of sulfonamides is 1. The maximum Gasteiger partial charge on any atom is 0.248 e. The minimum atomic E-state index is -4.33. The zero-order valence-electron chi connectivity index (χ0n) is 11.3. The smallest absolute Gasteiger partial charge is 0.248 e. The zero-order chi connectivity index (χ0) is 14.9. The fourth-order valence-electron chi connectivity index (χ4n) is 2.29. The molecule has 1 aromatic rings. The van der Waals surface area contributed by atoms with Crippen molar-refractivity contribution in [3.05, 3.63) is 29.6 Å². The molecule has 1 N–H and O–H groups in total. The van der Waals surface area contributed by atoms with E-state index in [0.29, 0.717) is 38.1 Å². The highest BCUT2D eigenvalue weighted by Gasteiger charge is 2.33. The number of rotatable bonds is 3. The molecule has 120 valence electrons. The van der Waals surface area contributed by atoms with Crippen molar-refractivity contribution < 1.29 is 21.6 Å². The van der Waals surface area contributed by atoms with Crippen molar-refractivity contribution in [2.75, 3.05) is 20.1 Å². The second kappa shape index (κ2) is 6.95. The Balaban J connectivity index is 0.00000220. The van der Waals surface area contributed by atoms with Crippen LogP contribution >= 0.6 is 12.4 Å². The van der Waals surface area contributed by atoms with E-state index < -0.39 is 32.4 Å². The molecular weight excluding hydrogens is 329 g/mol. The maximum absolute atomic E-state index is 13.6. The van der Waals surface area contributed by atoms with Gasteiger partial charge in [0.25, 0.3) is 0 Å². The average molecular weight is 345 g/mol. The monoisotopic (exact) mass is 344 g/mol. The van der Waals surface area contributed by atoms with Crippen LogP contribution in [-0.2, 0) is 10.0 Å². The molecule has 0 amide bonds. The fraction of sp³-hybridized carbons (Fsp3) is 0.500. The van der Waals surface area contributed by atoms with Crippen LogP contribution in [0.4, 0.5) is 13.2 Å². The van der Waals surface area contributed by atoms with E-state index >= 15 is 0 Å². The first kappa shape index (κ1) is 18.2. The van der Waals surface area contributed by atoms with Gasteiger partial charge in [0.15, 0.2) is 4.90 Å². The van der Waals surface area contributed by atoms with Gasteiger partial charge in [-0.25, -0.2) is 21.6 Å². The van der Waals surface area contributed by atoms with Gasteiger partial charge in [-0.05, 0) is 25.9 Å². The minimum Gasteiger partial charge on any atom is -0.317 e. The van der Waals surface area contributed by atoms with Crippen molar-refractivity contribution >= 4 is 22.4 Å². The Kier molecular flexibility index (Phi) is 6.03. The fourth-order valence-corrected chi connectivity index (χ4v) is 3.79. The number of benzene rings is 1. The van der Waals surface area contributed by atoms with Gasteiger partial charge in [0.05, 0.1) is 0 Å². The molecule has 1 heterocycles. The lowest BCUT2D eigenvalue weighted by atomic mass is 10.1. The van der Waals surface area contributed by atoms with E-state index in [0.717, 1.165) is 4.31 Å². The standard InChI is InChI=1S/C12H15F3N2O2S.ClH/c1-17(9-2-4-16-5-3-9)20(18,19)12-10(14)6-8(13)7-11(12)15;/h6-7,9,16H,2-5H2,1H3;1H. The number of nitrogens with one attached hydrogen (secondary N) is 1. The van der Waals surface area contributed by atoms with Crippen molar-refractivity contribution in [1.82, 2.24) is 9.62 Å². The van der Waals surface area contributed by atoms with Crippen LogP contribution in [0.3, 0.4) is 0 Å². The first-order chi connectivity index (χ1) is 9.34. The molecule has 1 aliphatic rings. The second-order valence-corrected chi connectivity index (χ2v) is 6.64. The van der Waals surface area contributed by atoms with Gasteiger partial charge >= 0.3 is 0 Å². The average Bonchev–Trinajstić information content (AvgIpc) is 2.37. The lowest BCUT2D eigenvalue weighted by Gasteiger charge is -2.30.